The maximum atomic E-state index is 12.2. The van der Waals surface area contributed by atoms with Crippen LogP contribution in [0.25, 0.3) is 11.6 Å². The fourth-order valence-corrected chi connectivity index (χ4v) is 3.26. The third-order valence-corrected chi connectivity index (χ3v) is 5.08. The minimum atomic E-state index is -0.231. The van der Waals surface area contributed by atoms with E-state index < -0.39 is 0 Å². The summed E-state index contributed by atoms with van der Waals surface area (Å²) < 4.78 is 6.55. The van der Waals surface area contributed by atoms with Crippen LogP contribution in [0.4, 0.5) is 5.69 Å². The number of aryl methyl sites for hydroxylation is 2. The van der Waals surface area contributed by atoms with Crippen molar-refractivity contribution in [2.45, 2.75) is 13.8 Å². The van der Waals surface area contributed by atoms with Crippen LogP contribution in [0.3, 0.4) is 0 Å². The molecule has 0 fully saturated rings. The molecule has 150 valence electrons. The summed E-state index contributed by atoms with van der Waals surface area (Å²) in [5.41, 5.74) is 5.22. The highest BCUT2D eigenvalue weighted by Crippen LogP contribution is 2.23. The zero-order valence-corrected chi connectivity index (χ0v) is 18.4. The quantitative estimate of drug-likeness (QED) is 0.354. The Bertz CT molecular complexity index is 1150. The largest absolute Gasteiger partial charge is 0.484 e. The van der Waals surface area contributed by atoms with E-state index in [9.17, 15) is 10.1 Å². The maximum Gasteiger partial charge on any atom is 0.262 e. The summed E-state index contributed by atoms with van der Waals surface area (Å²) >= 11 is 3.43. The number of carbonyl (C=O) groups is 1. The van der Waals surface area contributed by atoms with Gasteiger partial charge in [0.25, 0.3) is 5.91 Å². The number of nitrogens with zero attached hydrogens (tertiary/aromatic N) is 1. The first kappa shape index (κ1) is 21.4. The molecule has 3 aromatic carbocycles. The molecule has 0 bridgehead atoms. The van der Waals surface area contributed by atoms with Crippen LogP contribution in [-0.2, 0) is 4.79 Å². The minimum absolute atomic E-state index is 0.100. The molecule has 0 aromatic heterocycles. The van der Waals surface area contributed by atoms with E-state index >= 15 is 0 Å². The monoisotopic (exact) mass is 460 g/mol. The van der Waals surface area contributed by atoms with Crippen LogP contribution in [0.15, 0.2) is 71.2 Å². The fraction of sp³-hybridized carbons (Fsp3) is 0.120. The second-order valence-corrected chi connectivity index (χ2v) is 7.80. The molecule has 3 aromatic rings. The molecule has 0 heterocycles. The number of allylic oxidation sites excluding steroid dienone is 1. The van der Waals surface area contributed by atoms with Gasteiger partial charge in [-0.05, 0) is 78.6 Å². The summed E-state index contributed by atoms with van der Waals surface area (Å²) in [7, 11) is 0. The third-order valence-electron chi connectivity index (χ3n) is 4.59. The van der Waals surface area contributed by atoms with Gasteiger partial charge in [0.1, 0.15) is 5.75 Å². The minimum Gasteiger partial charge on any atom is -0.484 e. The zero-order valence-electron chi connectivity index (χ0n) is 16.8. The number of ether oxygens (including phenoxy) is 1. The van der Waals surface area contributed by atoms with E-state index in [1.807, 2.05) is 68.4 Å². The first-order valence-corrected chi connectivity index (χ1v) is 10.2. The number of hydrogen-bond donors (Lipinski definition) is 1. The van der Waals surface area contributed by atoms with Crippen molar-refractivity contribution in [3.05, 3.63) is 93.5 Å². The lowest BCUT2D eigenvalue weighted by Gasteiger charge is -2.09. The fourth-order valence-electron chi connectivity index (χ4n) is 2.86. The molecule has 1 N–H and O–H groups in total. The summed E-state index contributed by atoms with van der Waals surface area (Å²) in [6.07, 6.45) is 1.80. The van der Waals surface area contributed by atoms with Crippen molar-refractivity contribution in [3.8, 4) is 11.8 Å². The topological polar surface area (TPSA) is 62.1 Å². The van der Waals surface area contributed by atoms with Gasteiger partial charge in [0, 0.05) is 10.2 Å². The molecule has 0 aliphatic heterocycles. The van der Waals surface area contributed by atoms with Crippen molar-refractivity contribution in [2.75, 3.05) is 11.9 Å². The summed E-state index contributed by atoms with van der Waals surface area (Å²) in [6.45, 7) is 3.93. The van der Waals surface area contributed by atoms with Crippen LogP contribution < -0.4 is 10.1 Å². The van der Waals surface area contributed by atoms with Crippen molar-refractivity contribution in [3.63, 3.8) is 0 Å². The number of nitriles is 1. The number of carbonyl (C=O) groups excluding carboxylic acids is 1. The Balaban J connectivity index is 1.67. The molecule has 30 heavy (non-hydrogen) atoms. The molecule has 1 amide bonds. The van der Waals surface area contributed by atoms with Gasteiger partial charge >= 0.3 is 0 Å². The van der Waals surface area contributed by atoms with E-state index in [1.54, 1.807) is 18.2 Å². The van der Waals surface area contributed by atoms with Crippen LogP contribution in [0.1, 0.15) is 22.3 Å². The summed E-state index contributed by atoms with van der Waals surface area (Å²) in [5.74, 6) is 0.330. The van der Waals surface area contributed by atoms with Gasteiger partial charge in [0.2, 0.25) is 0 Å². The predicted molar refractivity (Wildman–Crippen MR) is 124 cm³/mol. The highest BCUT2D eigenvalue weighted by Gasteiger charge is 2.06. The lowest BCUT2D eigenvalue weighted by molar-refractivity contribution is -0.118. The second kappa shape index (κ2) is 9.91. The standard InChI is InChI=1S/C25H21BrN2O2/c1-17-9-10-23(11-18(17)2)28-25(29)16-30-24-8-3-5-19(13-24)12-21(15-27)20-6-4-7-22(26)14-20/h3-14H,16H2,1-2H3,(H,28,29). The van der Waals surface area contributed by atoms with Crippen molar-refractivity contribution in [1.29, 1.82) is 5.26 Å². The number of hydrogen-bond acceptors (Lipinski definition) is 3. The Morgan fingerprint density at radius 1 is 1.07 bits per heavy atom. The van der Waals surface area contributed by atoms with Crippen LogP contribution in [0.5, 0.6) is 5.75 Å². The SMILES string of the molecule is Cc1ccc(NC(=O)COc2cccc(C=C(C#N)c3cccc(Br)c3)c2)cc1C. The number of amides is 1. The van der Waals surface area contributed by atoms with Crippen molar-refractivity contribution in [1.82, 2.24) is 0 Å². The van der Waals surface area contributed by atoms with E-state index in [-0.39, 0.29) is 12.5 Å². The van der Waals surface area contributed by atoms with E-state index in [4.69, 9.17) is 4.74 Å². The highest BCUT2D eigenvalue weighted by atomic mass is 79.9. The molecule has 0 aliphatic rings. The Labute approximate surface area is 184 Å². The molecular formula is C25H21BrN2O2. The van der Waals surface area contributed by atoms with Crippen LogP contribution >= 0.6 is 15.9 Å². The smallest absolute Gasteiger partial charge is 0.262 e. The van der Waals surface area contributed by atoms with Gasteiger partial charge in [-0.1, -0.05) is 46.3 Å². The average Bonchev–Trinajstić information content (AvgIpc) is 2.73. The molecule has 5 heteroatoms. The van der Waals surface area contributed by atoms with Crippen molar-refractivity contribution >= 4 is 39.2 Å². The highest BCUT2D eigenvalue weighted by molar-refractivity contribution is 9.10. The zero-order chi connectivity index (χ0) is 21.5. The molecule has 3 rings (SSSR count). The average molecular weight is 461 g/mol. The molecule has 0 unspecified atom stereocenters. The van der Waals surface area contributed by atoms with Crippen LogP contribution in [0.2, 0.25) is 0 Å². The third kappa shape index (κ3) is 5.82. The van der Waals surface area contributed by atoms with Crippen LogP contribution in [-0.4, -0.2) is 12.5 Å². The van der Waals surface area contributed by atoms with E-state index in [2.05, 4.69) is 27.3 Å². The Kier molecular flexibility index (Phi) is 7.05. The summed E-state index contributed by atoms with van der Waals surface area (Å²) in [6, 6.07) is 22.9. The molecule has 0 aliphatic carbocycles. The van der Waals surface area contributed by atoms with Gasteiger partial charge in [0.15, 0.2) is 6.61 Å². The summed E-state index contributed by atoms with van der Waals surface area (Å²) in [5, 5.41) is 12.4. The van der Waals surface area contributed by atoms with Gasteiger partial charge in [-0.25, -0.2) is 0 Å². The maximum absolute atomic E-state index is 12.2. The number of halogens is 1. The number of nitrogens with one attached hydrogen (secondary N) is 1. The Hall–Kier alpha value is -3.36. The summed E-state index contributed by atoms with van der Waals surface area (Å²) in [4.78, 5) is 12.2. The van der Waals surface area contributed by atoms with Crippen LogP contribution in [0, 0.1) is 25.2 Å². The lowest BCUT2D eigenvalue weighted by Crippen LogP contribution is -2.20. The first-order valence-electron chi connectivity index (χ1n) is 9.42. The number of rotatable bonds is 6. The molecule has 0 saturated heterocycles. The van der Waals surface area contributed by atoms with E-state index in [1.165, 1.54) is 5.56 Å². The molecule has 0 saturated carbocycles. The molecule has 0 spiro atoms. The predicted octanol–water partition coefficient (Wildman–Crippen LogP) is 6.15. The van der Waals surface area contributed by atoms with Gasteiger partial charge in [-0.2, -0.15) is 5.26 Å². The Morgan fingerprint density at radius 3 is 2.60 bits per heavy atom. The van der Waals surface area contributed by atoms with Crippen molar-refractivity contribution < 1.29 is 9.53 Å². The molecular weight excluding hydrogens is 440 g/mol. The molecule has 0 atom stereocenters. The van der Waals surface area contributed by atoms with E-state index in [0.717, 1.165) is 26.9 Å². The van der Waals surface area contributed by atoms with E-state index in [0.29, 0.717) is 11.3 Å². The Morgan fingerprint density at radius 2 is 1.87 bits per heavy atom. The molecule has 0 radical (unpaired) electrons. The van der Waals surface area contributed by atoms with Crippen molar-refractivity contribution in [2.24, 2.45) is 0 Å². The lowest BCUT2D eigenvalue weighted by atomic mass is 10.0. The normalized spacial score (nSPS) is 10.9. The van der Waals surface area contributed by atoms with Gasteiger partial charge in [-0.3, -0.25) is 4.79 Å². The number of anilines is 1. The van der Waals surface area contributed by atoms with Gasteiger partial charge in [0.05, 0.1) is 11.6 Å². The first-order chi connectivity index (χ1) is 14.4. The second-order valence-electron chi connectivity index (χ2n) is 6.89. The number of benzene rings is 3. The molecule has 4 nitrogen and oxygen atoms in total. The van der Waals surface area contributed by atoms with Gasteiger partial charge < -0.3 is 10.1 Å². The van der Waals surface area contributed by atoms with Gasteiger partial charge in [-0.15, -0.1) is 0 Å².